The molecule has 2 rings (SSSR count). The lowest BCUT2D eigenvalue weighted by Gasteiger charge is -2.03. The fraction of sp³-hybridized carbons (Fsp3) is 0.167. The predicted molar refractivity (Wildman–Crippen MR) is 66.9 cm³/mol. The lowest BCUT2D eigenvalue weighted by molar-refractivity contribution is 0.102. The van der Waals surface area contributed by atoms with Gasteiger partial charge in [0.2, 0.25) is 0 Å². The Kier molecular flexibility index (Phi) is 2.82. The lowest BCUT2D eigenvalue weighted by atomic mass is 10.2. The van der Waals surface area contributed by atoms with Crippen molar-refractivity contribution in [3.63, 3.8) is 0 Å². The Labute approximate surface area is 99.0 Å². The normalized spacial score (nSPS) is 10.2. The van der Waals surface area contributed by atoms with Crippen LogP contribution in [0.5, 0.6) is 0 Å². The quantitative estimate of drug-likeness (QED) is 0.736. The third kappa shape index (κ3) is 2.28. The lowest BCUT2D eigenvalue weighted by Crippen LogP contribution is -2.14. The monoisotopic (exact) mass is 230 g/mol. The summed E-state index contributed by atoms with van der Waals surface area (Å²) in [4.78, 5) is 11.9. The van der Waals surface area contributed by atoms with Gasteiger partial charge in [0.15, 0.2) is 5.69 Å². The van der Waals surface area contributed by atoms with E-state index in [4.69, 9.17) is 5.73 Å². The predicted octanol–water partition coefficient (Wildman–Crippen LogP) is 1.86. The molecule has 17 heavy (non-hydrogen) atoms. The van der Waals surface area contributed by atoms with Gasteiger partial charge in [0.05, 0.1) is 11.4 Å². The molecule has 0 atom stereocenters. The van der Waals surface area contributed by atoms with E-state index in [0.717, 1.165) is 11.3 Å². The molecular formula is C12H14N4O. The van der Waals surface area contributed by atoms with Crippen molar-refractivity contribution in [2.45, 2.75) is 13.8 Å². The number of hydrogen-bond acceptors (Lipinski definition) is 3. The highest BCUT2D eigenvalue weighted by Crippen LogP contribution is 2.15. The molecule has 0 spiro atoms. The summed E-state index contributed by atoms with van der Waals surface area (Å²) < 4.78 is 0. The number of anilines is 2. The first-order valence-electron chi connectivity index (χ1n) is 5.26. The highest BCUT2D eigenvalue weighted by Gasteiger charge is 2.15. The van der Waals surface area contributed by atoms with Gasteiger partial charge in [0.1, 0.15) is 0 Å². The number of rotatable bonds is 2. The van der Waals surface area contributed by atoms with E-state index in [1.807, 2.05) is 31.2 Å². The molecule has 0 saturated heterocycles. The minimum Gasteiger partial charge on any atom is -0.395 e. The number of nitrogens with one attached hydrogen (secondary N) is 2. The van der Waals surface area contributed by atoms with Crippen LogP contribution in [-0.2, 0) is 0 Å². The number of nitrogens with two attached hydrogens (primary N) is 1. The van der Waals surface area contributed by atoms with Gasteiger partial charge < -0.3 is 11.1 Å². The molecule has 0 fully saturated rings. The first-order chi connectivity index (χ1) is 8.08. The Balaban J connectivity index is 2.17. The number of H-pyrrole nitrogens is 1. The molecule has 1 heterocycles. The summed E-state index contributed by atoms with van der Waals surface area (Å²) in [6, 6.07) is 7.52. The minimum atomic E-state index is -0.310. The van der Waals surface area contributed by atoms with E-state index >= 15 is 0 Å². The van der Waals surface area contributed by atoms with Crippen LogP contribution in [0.2, 0.25) is 0 Å². The van der Waals surface area contributed by atoms with Crippen LogP contribution in [0.3, 0.4) is 0 Å². The Bertz CT molecular complexity index is 542. The molecule has 1 aromatic heterocycles. The van der Waals surface area contributed by atoms with Gasteiger partial charge >= 0.3 is 0 Å². The molecule has 0 unspecified atom stereocenters. The second-order valence-electron chi connectivity index (χ2n) is 3.93. The highest BCUT2D eigenvalue weighted by molar-refractivity contribution is 6.06. The number of carbonyl (C=O) groups is 1. The fourth-order valence-corrected chi connectivity index (χ4v) is 1.44. The summed E-state index contributed by atoms with van der Waals surface area (Å²) in [6.07, 6.45) is 0. The third-order valence-electron chi connectivity index (χ3n) is 2.52. The zero-order valence-corrected chi connectivity index (χ0v) is 9.74. The van der Waals surface area contributed by atoms with Crippen LogP contribution in [0, 0.1) is 13.8 Å². The largest absolute Gasteiger partial charge is 0.395 e. The first-order valence-corrected chi connectivity index (χ1v) is 5.26. The summed E-state index contributed by atoms with van der Waals surface area (Å²) in [6.45, 7) is 3.76. The Morgan fingerprint density at radius 2 is 1.94 bits per heavy atom. The Hall–Kier alpha value is -2.30. The average molecular weight is 230 g/mol. The van der Waals surface area contributed by atoms with Crippen molar-refractivity contribution in [3.05, 3.63) is 41.2 Å². The molecule has 0 aliphatic carbocycles. The van der Waals surface area contributed by atoms with Gasteiger partial charge in [-0.05, 0) is 26.0 Å². The van der Waals surface area contributed by atoms with E-state index < -0.39 is 0 Å². The van der Waals surface area contributed by atoms with Crippen molar-refractivity contribution < 1.29 is 4.79 Å². The van der Waals surface area contributed by atoms with Crippen LogP contribution in [-0.4, -0.2) is 16.1 Å². The van der Waals surface area contributed by atoms with Gasteiger partial charge in [0, 0.05) is 5.69 Å². The van der Waals surface area contributed by atoms with Crippen molar-refractivity contribution in [2.24, 2.45) is 0 Å². The standard InChI is InChI=1S/C12H14N4O/c1-7-3-5-9(6-4-7)14-12(17)11-10(13)8(2)15-16-11/h3-6H,13H2,1-2H3,(H,14,17)(H,15,16). The Morgan fingerprint density at radius 3 is 2.47 bits per heavy atom. The van der Waals surface area contributed by atoms with E-state index in [0.29, 0.717) is 11.4 Å². The zero-order chi connectivity index (χ0) is 12.4. The molecule has 1 amide bonds. The van der Waals surface area contributed by atoms with Gasteiger partial charge in [0.25, 0.3) is 5.91 Å². The number of aromatic nitrogens is 2. The van der Waals surface area contributed by atoms with Crippen molar-refractivity contribution in [1.29, 1.82) is 0 Å². The number of nitrogen functional groups attached to an aromatic ring is 1. The molecule has 0 radical (unpaired) electrons. The smallest absolute Gasteiger partial charge is 0.278 e. The zero-order valence-electron chi connectivity index (χ0n) is 9.74. The van der Waals surface area contributed by atoms with Crippen molar-refractivity contribution in [3.8, 4) is 0 Å². The maximum atomic E-state index is 11.9. The third-order valence-corrected chi connectivity index (χ3v) is 2.52. The van der Waals surface area contributed by atoms with Crippen LogP contribution < -0.4 is 11.1 Å². The van der Waals surface area contributed by atoms with Crippen molar-refractivity contribution >= 4 is 17.3 Å². The molecule has 2 aromatic rings. The highest BCUT2D eigenvalue weighted by atomic mass is 16.2. The number of nitrogens with zero attached hydrogens (tertiary/aromatic N) is 1. The number of aromatic amines is 1. The number of hydrogen-bond donors (Lipinski definition) is 3. The van der Waals surface area contributed by atoms with Crippen LogP contribution in [0.15, 0.2) is 24.3 Å². The molecule has 0 bridgehead atoms. The molecule has 5 heteroatoms. The molecule has 5 nitrogen and oxygen atoms in total. The first kappa shape index (κ1) is 11.2. The van der Waals surface area contributed by atoms with Crippen LogP contribution >= 0.6 is 0 Å². The van der Waals surface area contributed by atoms with Crippen LogP contribution in [0.1, 0.15) is 21.7 Å². The maximum absolute atomic E-state index is 11.9. The fourth-order valence-electron chi connectivity index (χ4n) is 1.44. The summed E-state index contributed by atoms with van der Waals surface area (Å²) in [7, 11) is 0. The molecule has 0 aliphatic rings. The van der Waals surface area contributed by atoms with Gasteiger partial charge in [-0.3, -0.25) is 9.89 Å². The summed E-state index contributed by atoms with van der Waals surface area (Å²) >= 11 is 0. The van der Waals surface area contributed by atoms with Gasteiger partial charge in [-0.2, -0.15) is 5.10 Å². The van der Waals surface area contributed by atoms with Crippen molar-refractivity contribution in [1.82, 2.24) is 10.2 Å². The molecular weight excluding hydrogens is 216 g/mol. The minimum absolute atomic E-state index is 0.225. The van der Waals surface area contributed by atoms with Gasteiger partial charge in [-0.1, -0.05) is 17.7 Å². The van der Waals surface area contributed by atoms with E-state index in [2.05, 4.69) is 15.5 Å². The topological polar surface area (TPSA) is 83.8 Å². The number of amides is 1. The average Bonchev–Trinajstić information content (AvgIpc) is 2.63. The molecule has 1 aromatic carbocycles. The van der Waals surface area contributed by atoms with Crippen LogP contribution in [0.4, 0.5) is 11.4 Å². The molecule has 0 aliphatic heterocycles. The number of aryl methyl sites for hydroxylation is 2. The maximum Gasteiger partial charge on any atom is 0.278 e. The Morgan fingerprint density at radius 1 is 1.29 bits per heavy atom. The van der Waals surface area contributed by atoms with E-state index in [1.165, 1.54) is 0 Å². The van der Waals surface area contributed by atoms with Crippen LogP contribution in [0.25, 0.3) is 0 Å². The van der Waals surface area contributed by atoms with E-state index in [9.17, 15) is 4.79 Å². The molecule has 0 saturated carbocycles. The number of carbonyl (C=O) groups excluding carboxylic acids is 1. The second kappa shape index (κ2) is 4.29. The SMILES string of the molecule is Cc1ccc(NC(=O)c2n[nH]c(C)c2N)cc1. The van der Waals surface area contributed by atoms with Crippen molar-refractivity contribution in [2.75, 3.05) is 11.1 Å². The summed E-state index contributed by atoms with van der Waals surface area (Å²) in [5.74, 6) is -0.310. The molecule has 4 N–H and O–H groups in total. The van der Waals surface area contributed by atoms with Gasteiger partial charge in [-0.15, -0.1) is 0 Å². The van der Waals surface area contributed by atoms with Gasteiger partial charge in [-0.25, -0.2) is 0 Å². The molecule has 88 valence electrons. The van der Waals surface area contributed by atoms with E-state index in [1.54, 1.807) is 6.92 Å². The van der Waals surface area contributed by atoms with E-state index in [-0.39, 0.29) is 11.6 Å². The summed E-state index contributed by atoms with van der Waals surface area (Å²) in [5, 5.41) is 9.28. The summed E-state index contributed by atoms with van der Waals surface area (Å²) in [5.41, 5.74) is 8.89. The number of benzene rings is 1. The second-order valence-corrected chi connectivity index (χ2v) is 3.93.